The molecule has 17 heavy (non-hydrogen) atoms. The number of ether oxygens (including phenoxy) is 1. The molecule has 0 amide bonds. The Labute approximate surface area is 100 Å². The maximum Gasteiger partial charge on any atom is 0.229 e. The van der Waals surface area contributed by atoms with E-state index in [1.807, 2.05) is 13.8 Å². The van der Waals surface area contributed by atoms with Gasteiger partial charge >= 0.3 is 0 Å². The third kappa shape index (κ3) is 2.35. The number of hydrogen-bond acceptors (Lipinski definition) is 5. The molecule has 0 aromatic carbocycles. The molecule has 94 valence electrons. The summed E-state index contributed by atoms with van der Waals surface area (Å²) in [6.45, 7) is 4.30. The largest absolute Gasteiger partial charge is 0.387 e. The summed E-state index contributed by atoms with van der Waals surface area (Å²) in [5, 5.41) is 14.3. The van der Waals surface area contributed by atoms with Gasteiger partial charge in [0.1, 0.15) is 0 Å². The first-order valence-electron chi connectivity index (χ1n) is 6.15. The molecule has 3 rings (SSSR count). The second kappa shape index (κ2) is 3.53. The van der Waals surface area contributed by atoms with E-state index in [0.29, 0.717) is 31.3 Å². The summed E-state index contributed by atoms with van der Waals surface area (Å²) in [5.41, 5.74) is -1.13. The molecule has 1 aliphatic carbocycles. The minimum absolute atomic E-state index is 0.270. The maximum absolute atomic E-state index is 10.4. The first-order chi connectivity index (χ1) is 7.96. The molecule has 1 atom stereocenters. The average Bonchev–Trinajstić information content (AvgIpc) is 2.91. The van der Waals surface area contributed by atoms with Crippen LogP contribution in [-0.4, -0.2) is 33.1 Å². The Balaban J connectivity index is 1.69. The van der Waals surface area contributed by atoms with E-state index in [2.05, 4.69) is 10.1 Å². The second-order valence-electron chi connectivity index (χ2n) is 5.95. The van der Waals surface area contributed by atoms with Crippen molar-refractivity contribution in [1.82, 2.24) is 10.1 Å². The van der Waals surface area contributed by atoms with Gasteiger partial charge in [0.05, 0.1) is 24.2 Å². The fraction of sp³-hybridized carbons (Fsp3) is 0.833. The van der Waals surface area contributed by atoms with Crippen LogP contribution in [0.15, 0.2) is 4.52 Å². The van der Waals surface area contributed by atoms with Gasteiger partial charge in [-0.3, -0.25) is 0 Å². The molecule has 0 spiro atoms. The zero-order valence-electron chi connectivity index (χ0n) is 10.3. The van der Waals surface area contributed by atoms with Gasteiger partial charge in [-0.15, -0.1) is 0 Å². The van der Waals surface area contributed by atoms with Gasteiger partial charge in [0.25, 0.3) is 0 Å². The van der Waals surface area contributed by atoms with E-state index >= 15 is 0 Å². The van der Waals surface area contributed by atoms with Gasteiger partial charge in [0, 0.05) is 12.3 Å². The summed E-state index contributed by atoms with van der Waals surface area (Å²) in [6, 6.07) is 0. The van der Waals surface area contributed by atoms with Crippen molar-refractivity contribution in [3.8, 4) is 0 Å². The fourth-order valence-electron chi connectivity index (χ4n) is 2.47. The predicted octanol–water partition coefficient (Wildman–Crippen LogP) is 1.42. The molecule has 5 heteroatoms. The van der Waals surface area contributed by atoms with Gasteiger partial charge in [0.15, 0.2) is 5.82 Å². The van der Waals surface area contributed by atoms with Gasteiger partial charge < -0.3 is 14.4 Å². The lowest BCUT2D eigenvalue weighted by Crippen LogP contribution is -2.33. The van der Waals surface area contributed by atoms with Crippen molar-refractivity contribution in [2.45, 2.75) is 56.7 Å². The average molecular weight is 238 g/mol. The molecule has 1 aromatic rings. The van der Waals surface area contributed by atoms with Crippen molar-refractivity contribution >= 4 is 0 Å². The third-order valence-electron chi connectivity index (χ3n) is 3.39. The van der Waals surface area contributed by atoms with Crippen molar-refractivity contribution in [1.29, 1.82) is 0 Å². The monoisotopic (exact) mass is 238 g/mol. The summed E-state index contributed by atoms with van der Waals surface area (Å²) >= 11 is 0. The number of rotatable bonds is 3. The van der Waals surface area contributed by atoms with Crippen LogP contribution in [0.5, 0.6) is 0 Å². The highest BCUT2D eigenvalue weighted by Gasteiger charge is 2.44. The Kier molecular flexibility index (Phi) is 2.32. The third-order valence-corrected chi connectivity index (χ3v) is 3.39. The van der Waals surface area contributed by atoms with Crippen LogP contribution < -0.4 is 0 Å². The Bertz CT molecular complexity index is 425. The molecule has 1 unspecified atom stereocenters. The predicted molar refractivity (Wildman–Crippen MR) is 59.6 cm³/mol. The van der Waals surface area contributed by atoms with Gasteiger partial charge in [-0.05, 0) is 26.7 Å². The number of hydrogen-bond donors (Lipinski definition) is 1. The summed E-state index contributed by atoms with van der Waals surface area (Å²) in [7, 11) is 0. The Hall–Kier alpha value is -0.940. The molecule has 0 radical (unpaired) electrons. The van der Waals surface area contributed by atoms with Crippen molar-refractivity contribution < 1.29 is 14.4 Å². The minimum atomic E-state index is -0.864. The SMILES string of the molecule is CC1(C)CC(O)(Cc2nc(C3CC3)no2)CO1. The van der Waals surface area contributed by atoms with Crippen LogP contribution in [0.4, 0.5) is 0 Å². The van der Waals surface area contributed by atoms with E-state index in [-0.39, 0.29) is 5.60 Å². The van der Waals surface area contributed by atoms with Gasteiger partial charge in [-0.25, -0.2) is 0 Å². The molecule has 1 aliphatic heterocycles. The van der Waals surface area contributed by atoms with E-state index in [9.17, 15) is 5.11 Å². The first-order valence-corrected chi connectivity index (χ1v) is 6.15. The van der Waals surface area contributed by atoms with Crippen LogP contribution in [-0.2, 0) is 11.2 Å². The molecule has 1 saturated carbocycles. The van der Waals surface area contributed by atoms with Crippen molar-refractivity contribution in [3.63, 3.8) is 0 Å². The molecule has 5 nitrogen and oxygen atoms in total. The van der Waals surface area contributed by atoms with E-state index < -0.39 is 5.60 Å². The topological polar surface area (TPSA) is 68.4 Å². The maximum atomic E-state index is 10.4. The fourth-order valence-corrected chi connectivity index (χ4v) is 2.47. The van der Waals surface area contributed by atoms with Gasteiger partial charge in [-0.2, -0.15) is 4.98 Å². The van der Waals surface area contributed by atoms with Gasteiger partial charge in [0.2, 0.25) is 5.89 Å². The van der Waals surface area contributed by atoms with Crippen LogP contribution >= 0.6 is 0 Å². The van der Waals surface area contributed by atoms with Crippen molar-refractivity contribution in [2.75, 3.05) is 6.61 Å². The first kappa shape index (κ1) is 11.2. The highest BCUT2D eigenvalue weighted by molar-refractivity contribution is 5.05. The zero-order valence-corrected chi connectivity index (χ0v) is 10.3. The van der Waals surface area contributed by atoms with E-state index in [0.717, 1.165) is 18.7 Å². The highest BCUT2D eigenvalue weighted by atomic mass is 16.5. The Morgan fingerprint density at radius 1 is 1.41 bits per heavy atom. The van der Waals surface area contributed by atoms with Crippen LogP contribution in [0, 0.1) is 0 Å². The lowest BCUT2D eigenvalue weighted by Gasteiger charge is -2.20. The summed E-state index contributed by atoms with van der Waals surface area (Å²) in [5.74, 6) is 1.80. The van der Waals surface area contributed by atoms with Crippen LogP contribution in [0.2, 0.25) is 0 Å². The highest BCUT2D eigenvalue weighted by Crippen LogP contribution is 2.39. The Morgan fingerprint density at radius 2 is 2.18 bits per heavy atom. The summed E-state index contributed by atoms with van der Waals surface area (Å²) < 4.78 is 10.7. The second-order valence-corrected chi connectivity index (χ2v) is 5.95. The molecular formula is C12H18N2O3. The number of aromatic nitrogens is 2. The number of aliphatic hydroxyl groups is 1. The van der Waals surface area contributed by atoms with E-state index in [4.69, 9.17) is 9.26 Å². The molecule has 1 aromatic heterocycles. The van der Waals surface area contributed by atoms with Gasteiger partial charge in [-0.1, -0.05) is 5.16 Å². The lowest BCUT2D eigenvalue weighted by molar-refractivity contribution is 0.00274. The molecule has 1 saturated heterocycles. The normalized spacial score (nSPS) is 31.9. The molecule has 0 bridgehead atoms. The Morgan fingerprint density at radius 3 is 2.76 bits per heavy atom. The molecular weight excluding hydrogens is 220 g/mol. The van der Waals surface area contributed by atoms with Crippen LogP contribution in [0.1, 0.15) is 50.7 Å². The molecule has 2 fully saturated rings. The van der Waals surface area contributed by atoms with E-state index in [1.165, 1.54) is 0 Å². The van der Waals surface area contributed by atoms with Crippen LogP contribution in [0.25, 0.3) is 0 Å². The molecule has 1 N–H and O–H groups in total. The minimum Gasteiger partial charge on any atom is -0.387 e. The lowest BCUT2D eigenvalue weighted by atomic mass is 9.91. The molecule has 2 aliphatic rings. The van der Waals surface area contributed by atoms with Crippen molar-refractivity contribution in [3.05, 3.63) is 11.7 Å². The standard InChI is InChI=1S/C12H18N2O3/c1-11(2)6-12(15,7-16-11)5-9-13-10(14-17-9)8-3-4-8/h8,15H,3-7H2,1-2H3. The van der Waals surface area contributed by atoms with Crippen molar-refractivity contribution in [2.24, 2.45) is 0 Å². The molecule has 2 heterocycles. The zero-order chi connectivity index (χ0) is 12.1. The quantitative estimate of drug-likeness (QED) is 0.862. The summed E-state index contributed by atoms with van der Waals surface area (Å²) in [4.78, 5) is 4.34. The smallest absolute Gasteiger partial charge is 0.229 e. The number of nitrogens with zero attached hydrogens (tertiary/aromatic N) is 2. The summed E-state index contributed by atoms with van der Waals surface area (Å²) in [6.07, 6.45) is 3.29. The van der Waals surface area contributed by atoms with Crippen LogP contribution in [0.3, 0.4) is 0 Å². The van der Waals surface area contributed by atoms with E-state index in [1.54, 1.807) is 0 Å².